The summed E-state index contributed by atoms with van der Waals surface area (Å²) in [6.45, 7) is 21.2. The second kappa shape index (κ2) is 23.3. The fraction of sp³-hybridized carbons (Fsp3) is 0.556. The molecule has 0 aromatic carbocycles. The Bertz CT molecular complexity index is 1440. The second-order valence-corrected chi connectivity index (χ2v) is 13.4. The van der Waals surface area contributed by atoms with Crippen LogP contribution >= 0.6 is 11.3 Å². The number of hydrogen-bond acceptors (Lipinski definition) is 11. The summed E-state index contributed by atoms with van der Waals surface area (Å²) in [4.78, 5) is 67.7. The minimum Gasteiger partial charge on any atom is -0.449 e. The lowest BCUT2D eigenvalue weighted by Crippen LogP contribution is -2.45. The van der Waals surface area contributed by atoms with Crippen molar-refractivity contribution >= 4 is 46.5 Å². The maximum absolute atomic E-state index is 11.3. The van der Waals surface area contributed by atoms with Crippen LogP contribution in [0.4, 0.5) is 0 Å². The molecule has 0 saturated heterocycles. The minimum atomic E-state index is -1.11. The van der Waals surface area contributed by atoms with E-state index < -0.39 is 12.1 Å². The van der Waals surface area contributed by atoms with Gasteiger partial charge in [0.1, 0.15) is 23.8 Å². The quantitative estimate of drug-likeness (QED) is 0.166. The Balaban J connectivity index is 0. The first-order chi connectivity index (χ1) is 22.2. The topological polar surface area (TPSA) is 174 Å². The van der Waals surface area contributed by atoms with Crippen LogP contribution in [0, 0.1) is 37.5 Å². The maximum atomic E-state index is 11.3. The van der Waals surface area contributed by atoms with Crippen LogP contribution in [0.1, 0.15) is 114 Å². The summed E-state index contributed by atoms with van der Waals surface area (Å²) in [5, 5.41) is 14.7. The van der Waals surface area contributed by atoms with Crippen LogP contribution in [0.5, 0.6) is 0 Å². The molecular weight excluding hydrogens is 646 g/mol. The van der Waals surface area contributed by atoms with Crippen LogP contribution < -0.4 is 5.32 Å². The normalized spacial score (nSPS) is 11.8. The molecule has 0 aliphatic rings. The number of nitrogens with zero attached hydrogens (tertiary/aromatic N) is 4. The van der Waals surface area contributed by atoms with E-state index in [2.05, 4.69) is 20.3 Å². The number of carbonyl (C=O) groups excluding carboxylic acids is 5. The summed E-state index contributed by atoms with van der Waals surface area (Å²) in [6.07, 6.45) is 7.18. The van der Waals surface area contributed by atoms with Crippen molar-refractivity contribution in [2.45, 2.75) is 103 Å². The molecule has 274 valence electrons. The van der Waals surface area contributed by atoms with Gasteiger partial charge in [0, 0.05) is 56.1 Å². The van der Waals surface area contributed by atoms with Gasteiger partial charge in [-0.3, -0.25) is 24.0 Å². The molecule has 3 aromatic rings. The number of aryl methyl sites for hydroxylation is 3. The molecule has 0 fully saturated rings. The average Bonchev–Trinajstić information content (AvgIpc) is 3.75. The van der Waals surface area contributed by atoms with Crippen LogP contribution in [-0.4, -0.2) is 65.8 Å². The van der Waals surface area contributed by atoms with E-state index in [1.165, 1.54) is 24.5 Å². The third-order valence-corrected chi connectivity index (χ3v) is 7.04. The third-order valence-electron chi connectivity index (χ3n) is 6.27. The van der Waals surface area contributed by atoms with Crippen molar-refractivity contribution in [3.05, 3.63) is 58.2 Å². The fourth-order valence-corrected chi connectivity index (χ4v) is 4.01. The Morgan fingerprint density at radius 3 is 1.80 bits per heavy atom. The highest BCUT2D eigenvalue weighted by atomic mass is 32.1. The van der Waals surface area contributed by atoms with E-state index in [4.69, 9.17) is 4.42 Å². The van der Waals surface area contributed by atoms with Crippen molar-refractivity contribution < 1.29 is 33.5 Å². The van der Waals surface area contributed by atoms with E-state index in [0.29, 0.717) is 17.3 Å². The summed E-state index contributed by atoms with van der Waals surface area (Å²) in [5.74, 6) is 0.211. The molecule has 0 radical (unpaired) electrons. The molecule has 0 aliphatic heterocycles. The third kappa shape index (κ3) is 18.9. The monoisotopic (exact) mass is 703 g/mol. The highest BCUT2D eigenvalue weighted by molar-refractivity contribution is 7.09. The number of Topliss-reactive ketones (excluding diaryl/α,β-unsaturated/α-hetero) is 3. The molecule has 0 spiro atoms. The molecule has 2 unspecified atom stereocenters. The highest BCUT2D eigenvalue weighted by Crippen LogP contribution is 2.12. The van der Waals surface area contributed by atoms with E-state index in [9.17, 15) is 29.1 Å². The van der Waals surface area contributed by atoms with E-state index in [1.807, 2.05) is 71.7 Å². The summed E-state index contributed by atoms with van der Waals surface area (Å²) in [7, 11) is 1.90. The number of aromatic nitrogens is 4. The first-order valence-corrected chi connectivity index (χ1v) is 16.7. The lowest BCUT2D eigenvalue weighted by molar-refractivity contribution is -0.132. The average molecular weight is 704 g/mol. The lowest BCUT2D eigenvalue weighted by atomic mass is 9.99. The Morgan fingerprint density at radius 2 is 1.43 bits per heavy atom. The predicted molar refractivity (Wildman–Crippen MR) is 194 cm³/mol. The van der Waals surface area contributed by atoms with Crippen molar-refractivity contribution in [2.75, 3.05) is 0 Å². The number of ketones is 4. The molecule has 13 heteroatoms. The molecule has 2 atom stereocenters. The summed E-state index contributed by atoms with van der Waals surface area (Å²) in [5.41, 5.74) is 1.86. The van der Waals surface area contributed by atoms with Crippen LogP contribution in [0.2, 0.25) is 0 Å². The Morgan fingerprint density at radius 1 is 0.878 bits per heavy atom. The van der Waals surface area contributed by atoms with Gasteiger partial charge in [-0.15, -0.1) is 11.3 Å². The number of amides is 1. The molecule has 49 heavy (non-hydrogen) atoms. The number of imidazole rings is 1. The van der Waals surface area contributed by atoms with Crippen molar-refractivity contribution in [1.82, 2.24) is 24.8 Å². The van der Waals surface area contributed by atoms with Crippen molar-refractivity contribution in [3.63, 3.8) is 0 Å². The van der Waals surface area contributed by atoms with E-state index >= 15 is 0 Å². The van der Waals surface area contributed by atoms with E-state index in [-0.39, 0.29) is 60.1 Å². The summed E-state index contributed by atoms with van der Waals surface area (Å²) >= 11 is 1.52. The Hall–Kier alpha value is -4.10. The number of rotatable bonds is 11. The van der Waals surface area contributed by atoms with Gasteiger partial charge in [0.05, 0.1) is 23.1 Å². The number of carbonyl (C=O) groups is 5. The SMILES string of the molecule is C.CC(=O)NC(C)C(O)C(=O)C(C)C.CC(C)C(=O)/C=C/c1cn(C)cn1.Cc1nc(C(=O)C(C)C)co1.Cc1nc(C(=O)C(C)C)cs1. The molecule has 12 nitrogen and oxygen atoms in total. The van der Waals surface area contributed by atoms with Crippen LogP contribution in [0.25, 0.3) is 6.08 Å². The van der Waals surface area contributed by atoms with Gasteiger partial charge < -0.3 is 19.4 Å². The van der Waals surface area contributed by atoms with E-state index in [1.54, 1.807) is 46.2 Å². The predicted octanol–water partition coefficient (Wildman–Crippen LogP) is 6.50. The summed E-state index contributed by atoms with van der Waals surface area (Å²) < 4.78 is 6.75. The molecule has 3 rings (SSSR count). The van der Waals surface area contributed by atoms with Crippen LogP contribution in [0.15, 0.2) is 34.7 Å². The van der Waals surface area contributed by atoms with Crippen LogP contribution in [0.3, 0.4) is 0 Å². The molecule has 2 N–H and O–H groups in total. The smallest absolute Gasteiger partial charge is 0.217 e. The van der Waals surface area contributed by atoms with Crippen molar-refractivity contribution in [3.8, 4) is 0 Å². The van der Waals surface area contributed by atoms with E-state index in [0.717, 1.165) is 10.7 Å². The van der Waals surface area contributed by atoms with Gasteiger partial charge in [0.25, 0.3) is 0 Å². The van der Waals surface area contributed by atoms with Gasteiger partial charge in [0.15, 0.2) is 29.0 Å². The number of aliphatic hydroxyl groups is 1. The van der Waals surface area contributed by atoms with Crippen molar-refractivity contribution in [2.24, 2.45) is 30.7 Å². The number of hydrogen-bond donors (Lipinski definition) is 2. The van der Waals surface area contributed by atoms with Gasteiger partial charge in [-0.05, 0) is 26.0 Å². The Labute approximate surface area is 295 Å². The highest BCUT2D eigenvalue weighted by Gasteiger charge is 2.24. The molecule has 1 amide bonds. The first kappa shape index (κ1) is 47.0. The first-order valence-electron chi connectivity index (χ1n) is 15.8. The fourth-order valence-electron chi connectivity index (χ4n) is 3.41. The number of oxazole rings is 1. The standard InChI is InChI=1S/C10H14N2O.C9H17NO3.C8H11NO2.C8H11NOS.CH4/c1-8(2)10(13)5-4-9-6-12(3)7-11-9;1-5(2)8(12)9(13)6(3)10-7(4)11;2*1-5(2)8(10)7-4-11-6(3)9-7;/h4-8H,1-3H3;5-6,9,13H,1-4H3,(H,10,11);2*4-5H,1-3H3;1H4/b5-4+;;;;. The molecular formula is C36H57N5O7S. The molecule has 3 aromatic heterocycles. The number of thiazole rings is 1. The van der Waals surface area contributed by atoms with Gasteiger partial charge in [-0.25, -0.2) is 15.0 Å². The number of nitrogens with one attached hydrogen (secondary N) is 1. The van der Waals surface area contributed by atoms with Crippen molar-refractivity contribution in [1.29, 1.82) is 0 Å². The molecule has 0 saturated carbocycles. The maximum Gasteiger partial charge on any atom is 0.217 e. The molecule has 0 aliphatic carbocycles. The molecule has 0 bridgehead atoms. The summed E-state index contributed by atoms with van der Waals surface area (Å²) in [6, 6.07) is -0.521. The zero-order valence-corrected chi connectivity index (χ0v) is 31.3. The largest absolute Gasteiger partial charge is 0.449 e. The van der Waals surface area contributed by atoms with Gasteiger partial charge in [-0.2, -0.15) is 0 Å². The zero-order chi connectivity index (χ0) is 37.3. The number of allylic oxidation sites excluding steroid dienone is 1. The van der Waals surface area contributed by atoms with Gasteiger partial charge >= 0.3 is 0 Å². The van der Waals surface area contributed by atoms with Gasteiger partial charge in [-0.1, -0.05) is 62.8 Å². The second-order valence-electron chi connectivity index (χ2n) is 12.4. The number of aliphatic hydroxyl groups excluding tert-OH is 1. The van der Waals surface area contributed by atoms with Gasteiger partial charge in [0.2, 0.25) is 5.91 Å². The van der Waals surface area contributed by atoms with Crippen LogP contribution in [-0.2, 0) is 21.4 Å². The molecule has 3 heterocycles. The zero-order valence-electron chi connectivity index (χ0n) is 30.5. The minimum absolute atomic E-state index is 0. The Kier molecular flexibility index (Phi) is 22.3. The lowest BCUT2D eigenvalue weighted by Gasteiger charge is -2.19.